The number of para-hydroxylation sites is 1. The number of rotatable bonds is 2. The molecule has 0 radical (unpaired) electrons. The summed E-state index contributed by atoms with van der Waals surface area (Å²) in [4.78, 5) is 0. The Morgan fingerprint density at radius 1 is 0.957 bits per heavy atom. The van der Waals surface area contributed by atoms with Gasteiger partial charge in [-0.1, -0.05) is 57.5 Å². The van der Waals surface area contributed by atoms with E-state index in [9.17, 15) is 0 Å². The SMILES string of the molecule is CC1(C)C(c2c3cc(Cl)ccc3nn2-c2ccccc2)C1(C)C. The first-order valence-electron chi connectivity index (χ1n) is 8.07. The van der Waals surface area contributed by atoms with E-state index in [1.165, 1.54) is 11.1 Å². The van der Waals surface area contributed by atoms with Crippen LogP contribution in [-0.4, -0.2) is 9.78 Å². The maximum atomic E-state index is 6.28. The first-order valence-corrected chi connectivity index (χ1v) is 8.45. The van der Waals surface area contributed by atoms with Crippen LogP contribution in [0, 0.1) is 10.8 Å². The quantitative estimate of drug-likeness (QED) is 0.580. The molecule has 1 aromatic heterocycles. The van der Waals surface area contributed by atoms with Gasteiger partial charge in [0.15, 0.2) is 0 Å². The molecule has 0 aliphatic heterocycles. The number of hydrogen-bond acceptors (Lipinski definition) is 1. The molecule has 0 N–H and O–H groups in total. The van der Waals surface area contributed by atoms with Gasteiger partial charge < -0.3 is 0 Å². The minimum atomic E-state index is 0.245. The molecular formula is C20H21ClN2. The number of nitrogens with zero attached hydrogens (tertiary/aromatic N) is 2. The molecule has 1 heterocycles. The Morgan fingerprint density at radius 3 is 2.22 bits per heavy atom. The highest BCUT2D eigenvalue weighted by Crippen LogP contribution is 2.74. The molecule has 2 aromatic carbocycles. The zero-order valence-electron chi connectivity index (χ0n) is 14.0. The van der Waals surface area contributed by atoms with Crippen LogP contribution in [0.1, 0.15) is 39.3 Å². The van der Waals surface area contributed by atoms with E-state index in [1.807, 2.05) is 18.2 Å². The van der Waals surface area contributed by atoms with Crippen molar-refractivity contribution >= 4 is 22.5 Å². The largest absolute Gasteiger partial charge is 0.236 e. The number of hydrogen-bond donors (Lipinski definition) is 0. The second kappa shape index (κ2) is 4.61. The van der Waals surface area contributed by atoms with Gasteiger partial charge in [-0.25, -0.2) is 4.68 Å². The third kappa shape index (κ3) is 1.98. The van der Waals surface area contributed by atoms with E-state index in [-0.39, 0.29) is 10.8 Å². The summed E-state index contributed by atoms with van der Waals surface area (Å²) in [6.45, 7) is 9.37. The van der Waals surface area contributed by atoms with E-state index in [0.717, 1.165) is 16.2 Å². The highest BCUT2D eigenvalue weighted by Gasteiger charge is 2.66. The van der Waals surface area contributed by atoms with Crippen LogP contribution in [0.2, 0.25) is 5.02 Å². The standard InChI is InChI=1S/C20H21ClN2/c1-19(2)18(20(19,3)4)17-15-12-13(21)10-11-16(15)22-23(17)14-8-6-5-7-9-14/h5-12,18H,1-4H3. The van der Waals surface area contributed by atoms with E-state index >= 15 is 0 Å². The van der Waals surface area contributed by atoms with Crippen LogP contribution in [0.25, 0.3) is 16.6 Å². The highest BCUT2D eigenvalue weighted by atomic mass is 35.5. The van der Waals surface area contributed by atoms with Crippen LogP contribution in [0.3, 0.4) is 0 Å². The van der Waals surface area contributed by atoms with Gasteiger partial charge in [0.25, 0.3) is 0 Å². The van der Waals surface area contributed by atoms with Gasteiger partial charge in [-0.3, -0.25) is 0 Å². The first-order chi connectivity index (χ1) is 10.8. The van der Waals surface area contributed by atoms with Crippen molar-refractivity contribution in [3.05, 3.63) is 59.2 Å². The molecule has 1 saturated carbocycles. The van der Waals surface area contributed by atoms with Crippen LogP contribution >= 0.6 is 11.6 Å². The highest BCUT2D eigenvalue weighted by molar-refractivity contribution is 6.31. The second-order valence-electron chi connectivity index (χ2n) is 7.67. The zero-order chi connectivity index (χ0) is 16.4. The predicted molar refractivity (Wildman–Crippen MR) is 96.4 cm³/mol. The van der Waals surface area contributed by atoms with Crippen molar-refractivity contribution in [1.82, 2.24) is 9.78 Å². The molecule has 1 fully saturated rings. The summed E-state index contributed by atoms with van der Waals surface area (Å²) in [5.74, 6) is 0.457. The molecule has 0 unspecified atom stereocenters. The average Bonchev–Trinajstić information content (AvgIpc) is 2.80. The Labute approximate surface area is 142 Å². The van der Waals surface area contributed by atoms with Gasteiger partial charge in [-0.2, -0.15) is 5.10 Å². The van der Waals surface area contributed by atoms with Gasteiger partial charge in [0.1, 0.15) is 0 Å². The fourth-order valence-electron chi connectivity index (χ4n) is 4.00. The van der Waals surface area contributed by atoms with Crippen molar-refractivity contribution < 1.29 is 0 Å². The number of aromatic nitrogens is 2. The monoisotopic (exact) mass is 324 g/mol. The molecule has 0 atom stereocenters. The van der Waals surface area contributed by atoms with Crippen LogP contribution in [0.5, 0.6) is 0 Å². The summed E-state index contributed by atoms with van der Waals surface area (Å²) in [6.07, 6.45) is 0. The Morgan fingerprint density at radius 2 is 1.61 bits per heavy atom. The van der Waals surface area contributed by atoms with E-state index in [2.05, 4.69) is 62.7 Å². The minimum Gasteiger partial charge on any atom is -0.236 e. The molecule has 0 amide bonds. The molecule has 3 heteroatoms. The Kier molecular flexibility index (Phi) is 2.96. The van der Waals surface area contributed by atoms with Crippen molar-refractivity contribution in [3.8, 4) is 5.69 Å². The van der Waals surface area contributed by atoms with Crippen molar-refractivity contribution in [2.24, 2.45) is 10.8 Å². The van der Waals surface area contributed by atoms with E-state index < -0.39 is 0 Å². The van der Waals surface area contributed by atoms with Crippen LogP contribution < -0.4 is 0 Å². The van der Waals surface area contributed by atoms with Gasteiger partial charge in [-0.05, 0) is 41.2 Å². The molecule has 4 rings (SSSR count). The molecule has 3 aromatic rings. The molecule has 0 bridgehead atoms. The third-order valence-electron chi connectivity index (χ3n) is 5.97. The lowest BCUT2D eigenvalue weighted by Gasteiger charge is -2.09. The molecule has 1 aliphatic carbocycles. The number of fused-ring (bicyclic) bond motifs is 1. The van der Waals surface area contributed by atoms with Crippen molar-refractivity contribution in [3.63, 3.8) is 0 Å². The fourth-order valence-corrected chi connectivity index (χ4v) is 4.17. The lowest BCUT2D eigenvalue weighted by molar-refractivity contribution is 0.457. The molecule has 0 saturated heterocycles. The van der Waals surface area contributed by atoms with Crippen LogP contribution in [-0.2, 0) is 0 Å². The van der Waals surface area contributed by atoms with Gasteiger partial charge in [0.05, 0.1) is 16.9 Å². The van der Waals surface area contributed by atoms with Crippen LogP contribution in [0.4, 0.5) is 0 Å². The summed E-state index contributed by atoms with van der Waals surface area (Å²) in [7, 11) is 0. The van der Waals surface area contributed by atoms with E-state index in [0.29, 0.717) is 5.92 Å². The van der Waals surface area contributed by atoms with E-state index in [1.54, 1.807) is 0 Å². The van der Waals surface area contributed by atoms with Gasteiger partial charge >= 0.3 is 0 Å². The third-order valence-corrected chi connectivity index (χ3v) is 6.20. The Hall–Kier alpha value is -1.80. The molecular weight excluding hydrogens is 304 g/mol. The lowest BCUT2D eigenvalue weighted by atomic mass is 10.0. The summed E-state index contributed by atoms with van der Waals surface area (Å²) in [5.41, 5.74) is 3.88. The topological polar surface area (TPSA) is 17.8 Å². The average molecular weight is 325 g/mol. The van der Waals surface area contributed by atoms with Crippen molar-refractivity contribution in [1.29, 1.82) is 0 Å². The Balaban J connectivity index is 2.03. The number of halogens is 1. The van der Waals surface area contributed by atoms with Crippen LogP contribution in [0.15, 0.2) is 48.5 Å². The van der Waals surface area contributed by atoms with Gasteiger partial charge in [0.2, 0.25) is 0 Å². The summed E-state index contributed by atoms with van der Waals surface area (Å²) in [6, 6.07) is 16.4. The second-order valence-corrected chi connectivity index (χ2v) is 8.11. The predicted octanol–water partition coefficient (Wildman–Crippen LogP) is 5.83. The maximum absolute atomic E-state index is 6.28. The van der Waals surface area contributed by atoms with Crippen molar-refractivity contribution in [2.45, 2.75) is 33.6 Å². The Bertz CT molecular complexity index is 877. The van der Waals surface area contributed by atoms with Gasteiger partial charge in [-0.15, -0.1) is 0 Å². The summed E-state index contributed by atoms with van der Waals surface area (Å²) in [5, 5.41) is 6.81. The molecule has 23 heavy (non-hydrogen) atoms. The first kappa shape index (κ1) is 14.8. The fraction of sp³-hybridized carbons (Fsp3) is 0.350. The molecule has 118 valence electrons. The van der Waals surface area contributed by atoms with Gasteiger partial charge in [0, 0.05) is 16.3 Å². The minimum absolute atomic E-state index is 0.245. The lowest BCUT2D eigenvalue weighted by Crippen LogP contribution is -2.03. The van der Waals surface area contributed by atoms with E-state index in [4.69, 9.17) is 16.7 Å². The molecule has 2 nitrogen and oxygen atoms in total. The molecule has 1 aliphatic rings. The zero-order valence-corrected chi connectivity index (χ0v) is 14.7. The normalized spacial score (nSPS) is 19.2. The smallest absolute Gasteiger partial charge is 0.0931 e. The summed E-state index contributed by atoms with van der Waals surface area (Å²) >= 11 is 6.28. The molecule has 0 spiro atoms. The summed E-state index contributed by atoms with van der Waals surface area (Å²) < 4.78 is 2.11. The number of benzene rings is 2. The van der Waals surface area contributed by atoms with Crippen molar-refractivity contribution in [2.75, 3.05) is 0 Å². The maximum Gasteiger partial charge on any atom is 0.0931 e.